The van der Waals surface area contributed by atoms with Crippen molar-refractivity contribution in [3.05, 3.63) is 22.7 Å². The predicted molar refractivity (Wildman–Crippen MR) is 69.8 cm³/mol. The third-order valence-electron chi connectivity index (χ3n) is 3.45. The van der Waals surface area contributed by atoms with E-state index < -0.39 is 11.0 Å². The number of aliphatic hydroxyl groups is 1. The number of carbonyl (C=O) groups is 2. The molecule has 1 aliphatic carbocycles. The molecule has 0 heterocycles. The molecule has 0 amide bonds. The number of halogens is 1. The second-order valence-corrected chi connectivity index (χ2v) is 5.19. The Labute approximate surface area is 110 Å². The summed E-state index contributed by atoms with van der Waals surface area (Å²) in [5.41, 5.74) is -2.74. The lowest BCUT2D eigenvalue weighted by Gasteiger charge is -2.40. The third-order valence-corrected chi connectivity index (χ3v) is 4.04. The van der Waals surface area contributed by atoms with Crippen LogP contribution in [-0.2, 0) is 9.59 Å². The van der Waals surface area contributed by atoms with Gasteiger partial charge in [-0.3, -0.25) is 4.79 Å². The summed E-state index contributed by atoms with van der Waals surface area (Å²) in [5.74, 6) is -0.289. The minimum Gasteiger partial charge on any atom is -0.381 e. The van der Waals surface area contributed by atoms with Crippen LogP contribution in [0.2, 0.25) is 0 Å². The van der Waals surface area contributed by atoms with Crippen LogP contribution in [0.5, 0.6) is 0 Å². The Morgan fingerprint density at radius 2 is 2.29 bits per heavy atom. The molecule has 0 aromatic rings. The Kier molecular flexibility index (Phi) is 4.44. The van der Waals surface area contributed by atoms with Gasteiger partial charge in [0.1, 0.15) is 11.9 Å². The highest BCUT2D eigenvalue weighted by Gasteiger charge is 2.51. The van der Waals surface area contributed by atoms with Gasteiger partial charge in [0, 0.05) is 10.9 Å². The number of allylic oxidation sites excluding steroid dienone is 3. The monoisotopic (exact) mass is 300 g/mol. The van der Waals surface area contributed by atoms with Gasteiger partial charge in [0.2, 0.25) is 0 Å². The fraction of sp³-hybridized carbons (Fsp3) is 0.538. The Morgan fingerprint density at radius 1 is 1.65 bits per heavy atom. The lowest BCUT2D eigenvalue weighted by atomic mass is 9.65. The number of hydrogen-bond donors (Lipinski definition) is 1. The summed E-state index contributed by atoms with van der Waals surface area (Å²) in [6, 6.07) is 0. The Morgan fingerprint density at radius 3 is 2.65 bits per heavy atom. The van der Waals surface area contributed by atoms with Gasteiger partial charge < -0.3 is 9.90 Å². The van der Waals surface area contributed by atoms with Gasteiger partial charge in [-0.25, -0.2) is 0 Å². The van der Waals surface area contributed by atoms with Crippen molar-refractivity contribution in [2.45, 2.75) is 38.7 Å². The highest BCUT2D eigenvalue weighted by atomic mass is 79.9. The Balaban J connectivity index is 3.21. The molecule has 0 unspecified atom stereocenters. The molecule has 0 saturated heterocycles. The fourth-order valence-corrected chi connectivity index (χ4v) is 2.49. The molecule has 94 valence electrons. The predicted octanol–water partition coefficient (Wildman–Crippen LogP) is 2.53. The zero-order valence-corrected chi connectivity index (χ0v) is 11.7. The summed E-state index contributed by atoms with van der Waals surface area (Å²) in [6.07, 6.45) is 6.62. The summed E-state index contributed by atoms with van der Waals surface area (Å²) < 4.78 is 0.859. The zero-order valence-electron chi connectivity index (χ0n) is 10.1. The Hall–Kier alpha value is -0.740. The van der Waals surface area contributed by atoms with E-state index in [1.807, 2.05) is 0 Å². The van der Waals surface area contributed by atoms with Crippen molar-refractivity contribution in [1.29, 1.82) is 0 Å². The maximum absolute atomic E-state index is 11.9. The molecule has 1 N–H and O–H groups in total. The average Bonchev–Trinajstić information content (AvgIpc) is 2.38. The van der Waals surface area contributed by atoms with Crippen molar-refractivity contribution in [2.75, 3.05) is 0 Å². The first-order chi connectivity index (χ1) is 7.95. The van der Waals surface area contributed by atoms with Crippen molar-refractivity contribution in [3.8, 4) is 0 Å². The summed E-state index contributed by atoms with van der Waals surface area (Å²) in [7, 11) is 0. The van der Waals surface area contributed by atoms with Crippen molar-refractivity contribution in [2.24, 2.45) is 5.41 Å². The zero-order chi connectivity index (χ0) is 13.1. The van der Waals surface area contributed by atoms with Gasteiger partial charge in [0.05, 0.1) is 5.41 Å². The molecule has 0 fully saturated rings. The highest BCUT2D eigenvalue weighted by Crippen LogP contribution is 2.42. The second-order valence-electron chi connectivity index (χ2n) is 4.28. The Bertz CT molecular complexity index is 386. The average molecular weight is 301 g/mol. The molecule has 17 heavy (non-hydrogen) atoms. The number of ketones is 1. The largest absolute Gasteiger partial charge is 0.381 e. The number of aldehydes is 1. The van der Waals surface area contributed by atoms with Gasteiger partial charge in [-0.05, 0) is 12.8 Å². The topological polar surface area (TPSA) is 54.4 Å². The molecule has 0 radical (unpaired) electrons. The minimum atomic E-state index is -1.61. The lowest BCUT2D eigenvalue weighted by molar-refractivity contribution is -0.154. The van der Waals surface area contributed by atoms with Gasteiger partial charge in [0.25, 0.3) is 0 Å². The van der Waals surface area contributed by atoms with E-state index in [1.165, 1.54) is 0 Å². The van der Waals surface area contributed by atoms with Crippen molar-refractivity contribution < 1.29 is 14.7 Å². The lowest BCUT2D eigenvalue weighted by Crippen LogP contribution is -2.54. The summed E-state index contributed by atoms with van der Waals surface area (Å²) in [4.78, 5) is 23.3. The van der Waals surface area contributed by atoms with E-state index in [9.17, 15) is 14.7 Å². The van der Waals surface area contributed by atoms with Crippen molar-refractivity contribution in [1.82, 2.24) is 0 Å². The first-order valence-corrected chi connectivity index (χ1v) is 6.52. The molecule has 0 aromatic heterocycles. The molecule has 2 atom stereocenters. The van der Waals surface area contributed by atoms with Crippen LogP contribution in [0.3, 0.4) is 0 Å². The molecule has 0 spiro atoms. The molecule has 0 bridgehead atoms. The first-order valence-electron chi connectivity index (χ1n) is 5.72. The first kappa shape index (κ1) is 14.3. The van der Waals surface area contributed by atoms with Crippen LogP contribution in [0.1, 0.15) is 33.1 Å². The van der Waals surface area contributed by atoms with Crippen LogP contribution in [0.15, 0.2) is 22.7 Å². The van der Waals surface area contributed by atoms with Crippen LogP contribution in [0, 0.1) is 5.41 Å². The molecule has 4 heteroatoms. The molecule has 0 aliphatic heterocycles. The quantitative estimate of drug-likeness (QED) is 0.794. The van der Waals surface area contributed by atoms with Crippen LogP contribution in [0.4, 0.5) is 0 Å². The summed E-state index contributed by atoms with van der Waals surface area (Å²) in [5, 5.41) is 10.6. The van der Waals surface area contributed by atoms with Gasteiger partial charge in [0.15, 0.2) is 5.78 Å². The van der Waals surface area contributed by atoms with Crippen LogP contribution in [0.25, 0.3) is 0 Å². The molecule has 1 rings (SSSR count). The number of rotatable bonds is 5. The smallest absolute Gasteiger partial charge is 0.165 e. The SMILES string of the molecule is CCC(=O)[C@](O)(CC)[C@@]1(C=O)C=CC(Br)=CC1. The maximum Gasteiger partial charge on any atom is 0.165 e. The molecule has 1 aliphatic rings. The van der Waals surface area contributed by atoms with Gasteiger partial charge in [-0.2, -0.15) is 0 Å². The maximum atomic E-state index is 11.9. The van der Waals surface area contributed by atoms with Crippen molar-refractivity contribution in [3.63, 3.8) is 0 Å². The van der Waals surface area contributed by atoms with E-state index in [-0.39, 0.29) is 18.6 Å². The van der Waals surface area contributed by atoms with Gasteiger partial charge in [-0.1, -0.05) is 48.0 Å². The van der Waals surface area contributed by atoms with E-state index >= 15 is 0 Å². The molecule has 0 aromatic carbocycles. The van der Waals surface area contributed by atoms with Gasteiger partial charge in [-0.15, -0.1) is 0 Å². The minimum absolute atomic E-state index is 0.221. The number of hydrogen-bond acceptors (Lipinski definition) is 3. The third kappa shape index (κ3) is 2.29. The van der Waals surface area contributed by atoms with E-state index in [0.717, 1.165) is 4.48 Å². The summed E-state index contributed by atoms with van der Waals surface area (Å²) in [6.45, 7) is 3.42. The van der Waals surface area contributed by atoms with Gasteiger partial charge >= 0.3 is 0 Å². The highest BCUT2D eigenvalue weighted by molar-refractivity contribution is 9.11. The number of Topliss-reactive ketones (excluding diaryl/α,β-unsaturated/α-hetero) is 1. The van der Waals surface area contributed by atoms with E-state index in [2.05, 4.69) is 15.9 Å². The van der Waals surface area contributed by atoms with Crippen LogP contribution >= 0.6 is 15.9 Å². The second kappa shape index (κ2) is 5.27. The standard InChI is InChI=1S/C13H17BrO3/c1-3-11(16)13(17,4-2)12(9-15)7-5-10(14)6-8-12/h5-7,9,17H,3-4,8H2,1-2H3/t12-,13+/m0/s1. The van der Waals surface area contributed by atoms with E-state index in [4.69, 9.17) is 0 Å². The van der Waals surface area contributed by atoms with E-state index in [1.54, 1.807) is 32.1 Å². The van der Waals surface area contributed by atoms with Crippen LogP contribution in [-0.4, -0.2) is 22.8 Å². The molecule has 0 saturated carbocycles. The fourth-order valence-electron chi connectivity index (χ4n) is 2.20. The van der Waals surface area contributed by atoms with Crippen molar-refractivity contribution >= 4 is 28.0 Å². The summed E-state index contributed by atoms with van der Waals surface area (Å²) >= 11 is 3.30. The number of carbonyl (C=O) groups excluding carboxylic acids is 2. The normalized spacial score (nSPS) is 27.2. The molecule has 3 nitrogen and oxygen atoms in total. The van der Waals surface area contributed by atoms with Crippen LogP contribution < -0.4 is 0 Å². The molecular weight excluding hydrogens is 284 g/mol. The van der Waals surface area contributed by atoms with E-state index in [0.29, 0.717) is 12.7 Å². The molecular formula is C13H17BrO3.